The quantitative estimate of drug-likeness (QED) is 0.823. The third-order valence-corrected chi connectivity index (χ3v) is 3.46. The van der Waals surface area contributed by atoms with Crippen LogP contribution in [0.1, 0.15) is 24.3 Å². The molecule has 0 radical (unpaired) electrons. The highest BCUT2D eigenvalue weighted by molar-refractivity contribution is 7.09. The predicted molar refractivity (Wildman–Crippen MR) is 55.7 cm³/mol. The van der Waals surface area contributed by atoms with Gasteiger partial charge in [0.05, 0.1) is 12.0 Å². The van der Waals surface area contributed by atoms with E-state index in [1.54, 1.807) is 11.3 Å². The molecule has 4 heteroatoms. The van der Waals surface area contributed by atoms with Gasteiger partial charge in [0.15, 0.2) is 0 Å². The van der Waals surface area contributed by atoms with Gasteiger partial charge in [0.25, 0.3) is 0 Å². The highest BCUT2D eigenvalue weighted by atomic mass is 32.1. The molecule has 2 unspecified atom stereocenters. The van der Waals surface area contributed by atoms with E-state index in [1.165, 1.54) is 6.42 Å². The molecule has 1 fully saturated rings. The molecule has 0 saturated heterocycles. The molecule has 1 aliphatic carbocycles. The number of rotatable bonds is 3. The maximum atomic E-state index is 8.89. The van der Waals surface area contributed by atoms with Gasteiger partial charge in [-0.05, 0) is 12.8 Å². The minimum atomic E-state index is 0.204. The fourth-order valence-corrected chi connectivity index (χ4v) is 2.48. The molecule has 1 aromatic heterocycles. The van der Waals surface area contributed by atoms with E-state index in [1.807, 2.05) is 11.6 Å². The average molecular weight is 207 g/mol. The van der Waals surface area contributed by atoms with Crippen molar-refractivity contribution < 1.29 is 0 Å². The van der Waals surface area contributed by atoms with Gasteiger partial charge in [-0.15, -0.1) is 11.3 Å². The standard InChI is InChI=1S/C10H13N3S/c11-6-8-2-1-3-9(8)13-7-10-12-4-5-14-10/h4-5,8-9,13H,1-3,7H2. The van der Waals surface area contributed by atoms with E-state index in [0.717, 1.165) is 24.4 Å². The molecule has 1 aromatic rings. The Morgan fingerprint density at radius 1 is 1.64 bits per heavy atom. The molecule has 74 valence electrons. The molecule has 2 atom stereocenters. The zero-order valence-corrected chi connectivity index (χ0v) is 8.76. The maximum absolute atomic E-state index is 8.89. The normalized spacial score (nSPS) is 26.2. The van der Waals surface area contributed by atoms with Crippen LogP contribution in [0.4, 0.5) is 0 Å². The lowest BCUT2D eigenvalue weighted by Crippen LogP contribution is -2.31. The predicted octanol–water partition coefficient (Wildman–Crippen LogP) is 1.92. The molecule has 1 saturated carbocycles. The van der Waals surface area contributed by atoms with Crippen molar-refractivity contribution in [2.75, 3.05) is 0 Å². The van der Waals surface area contributed by atoms with Crippen LogP contribution in [-0.4, -0.2) is 11.0 Å². The summed E-state index contributed by atoms with van der Waals surface area (Å²) >= 11 is 1.66. The molecule has 1 N–H and O–H groups in total. The van der Waals surface area contributed by atoms with Crippen molar-refractivity contribution in [2.45, 2.75) is 31.8 Å². The number of nitrogens with zero attached hydrogens (tertiary/aromatic N) is 2. The van der Waals surface area contributed by atoms with Gasteiger partial charge < -0.3 is 5.32 Å². The van der Waals surface area contributed by atoms with E-state index < -0.39 is 0 Å². The fraction of sp³-hybridized carbons (Fsp3) is 0.600. The van der Waals surface area contributed by atoms with E-state index in [9.17, 15) is 0 Å². The molecule has 1 heterocycles. The van der Waals surface area contributed by atoms with Crippen molar-refractivity contribution in [3.63, 3.8) is 0 Å². The van der Waals surface area contributed by atoms with Gasteiger partial charge in [-0.3, -0.25) is 0 Å². The number of hydrogen-bond donors (Lipinski definition) is 1. The van der Waals surface area contributed by atoms with Crippen LogP contribution in [0.5, 0.6) is 0 Å². The number of thiazole rings is 1. The minimum absolute atomic E-state index is 0.204. The molecule has 0 aromatic carbocycles. The number of aromatic nitrogens is 1. The van der Waals surface area contributed by atoms with E-state index in [4.69, 9.17) is 5.26 Å². The molecular weight excluding hydrogens is 194 g/mol. The molecule has 1 aliphatic rings. The summed E-state index contributed by atoms with van der Waals surface area (Å²) in [5, 5.41) is 15.4. The van der Waals surface area contributed by atoms with Crippen LogP contribution in [0.15, 0.2) is 11.6 Å². The third kappa shape index (κ3) is 2.11. The topological polar surface area (TPSA) is 48.7 Å². The summed E-state index contributed by atoms with van der Waals surface area (Å²) in [4.78, 5) is 4.20. The number of nitriles is 1. The smallest absolute Gasteiger partial charge is 0.106 e. The molecule has 3 nitrogen and oxygen atoms in total. The maximum Gasteiger partial charge on any atom is 0.106 e. The van der Waals surface area contributed by atoms with E-state index in [-0.39, 0.29) is 5.92 Å². The Hall–Kier alpha value is -0.920. The second kappa shape index (κ2) is 4.54. The summed E-state index contributed by atoms with van der Waals surface area (Å²) in [5.41, 5.74) is 0. The van der Waals surface area contributed by atoms with Crippen LogP contribution in [0.3, 0.4) is 0 Å². The molecular formula is C10H13N3S. The first-order valence-corrected chi connectivity index (χ1v) is 5.79. The van der Waals surface area contributed by atoms with Gasteiger partial charge in [-0.2, -0.15) is 5.26 Å². The summed E-state index contributed by atoms with van der Waals surface area (Å²) in [6.45, 7) is 0.806. The van der Waals surface area contributed by atoms with Gasteiger partial charge in [-0.1, -0.05) is 6.42 Å². The second-order valence-electron chi connectivity index (χ2n) is 3.58. The van der Waals surface area contributed by atoms with Crippen LogP contribution in [-0.2, 0) is 6.54 Å². The van der Waals surface area contributed by atoms with Crippen molar-refractivity contribution in [3.8, 4) is 6.07 Å². The molecule has 0 bridgehead atoms. The van der Waals surface area contributed by atoms with Crippen LogP contribution in [0.2, 0.25) is 0 Å². The van der Waals surface area contributed by atoms with Crippen LogP contribution < -0.4 is 5.32 Å². The Kier molecular flexibility index (Phi) is 3.12. The van der Waals surface area contributed by atoms with Crippen molar-refractivity contribution in [2.24, 2.45) is 5.92 Å². The first-order valence-electron chi connectivity index (χ1n) is 4.91. The SMILES string of the molecule is N#CC1CCCC1NCc1nccs1. The lowest BCUT2D eigenvalue weighted by molar-refractivity contribution is 0.464. The minimum Gasteiger partial charge on any atom is -0.306 e. The monoisotopic (exact) mass is 207 g/mol. The first kappa shape index (κ1) is 9.63. The molecule has 14 heavy (non-hydrogen) atoms. The molecule has 0 spiro atoms. The highest BCUT2D eigenvalue weighted by Gasteiger charge is 2.26. The van der Waals surface area contributed by atoms with Crippen LogP contribution in [0, 0.1) is 17.2 Å². The van der Waals surface area contributed by atoms with E-state index in [2.05, 4.69) is 16.4 Å². The van der Waals surface area contributed by atoms with Gasteiger partial charge >= 0.3 is 0 Å². The summed E-state index contributed by atoms with van der Waals surface area (Å²) in [6, 6.07) is 2.74. The first-order chi connectivity index (χ1) is 6.90. The number of hydrogen-bond acceptors (Lipinski definition) is 4. The van der Waals surface area contributed by atoms with Crippen molar-refractivity contribution in [1.29, 1.82) is 5.26 Å². The lowest BCUT2D eigenvalue weighted by atomic mass is 10.1. The summed E-state index contributed by atoms with van der Waals surface area (Å²) in [7, 11) is 0. The van der Waals surface area contributed by atoms with Crippen molar-refractivity contribution >= 4 is 11.3 Å². The van der Waals surface area contributed by atoms with Crippen LogP contribution in [0.25, 0.3) is 0 Å². The molecule has 0 aliphatic heterocycles. The van der Waals surface area contributed by atoms with Crippen molar-refractivity contribution in [1.82, 2.24) is 10.3 Å². The van der Waals surface area contributed by atoms with E-state index in [0.29, 0.717) is 6.04 Å². The Labute approximate surface area is 87.8 Å². The van der Waals surface area contributed by atoms with Crippen LogP contribution >= 0.6 is 11.3 Å². The highest BCUT2D eigenvalue weighted by Crippen LogP contribution is 2.25. The van der Waals surface area contributed by atoms with Gasteiger partial charge in [-0.25, -0.2) is 4.98 Å². The van der Waals surface area contributed by atoms with Gasteiger partial charge in [0.1, 0.15) is 5.01 Å². The Morgan fingerprint density at radius 2 is 2.57 bits per heavy atom. The summed E-state index contributed by atoms with van der Waals surface area (Å²) < 4.78 is 0. The average Bonchev–Trinajstić information content (AvgIpc) is 2.85. The third-order valence-electron chi connectivity index (χ3n) is 2.68. The zero-order valence-electron chi connectivity index (χ0n) is 7.94. The van der Waals surface area contributed by atoms with Crippen molar-refractivity contribution in [3.05, 3.63) is 16.6 Å². The molecule has 0 amide bonds. The summed E-state index contributed by atoms with van der Waals surface area (Å²) in [5.74, 6) is 0.204. The van der Waals surface area contributed by atoms with E-state index >= 15 is 0 Å². The molecule has 2 rings (SSSR count). The number of nitrogens with one attached hydrogen (secondary N) is 1. The largest absolute Gasteiger partial charge is 0.306 e. The Balaban J connectivity index is 1.83. The van der Waals surface area contributed by atoms with Gasteiger partial charge in [0, 0.05) is 24.2 Å². The summed E-state index contributed by atoms with van der Waals surface area (Å²) in [6.07, 6.45) is 5.17. The Morgan fingerprint density at radius 3 is 3.29 bits per heavy atom. The van der Waals surface area contributed by atoms with Gasteiger partial charge in [0.2, 0.25) is 0 Å². The Bertz CT molecular complexity index is 315. The zero-order chi connectivity index (χ0) is 9.80. The fourth-order valence-electron chi connectivity index (χ4n) is 1.92. The lowest BCUT2D eigenvalue weighted by Gasteiger charge is -2.13. The second-order valence-corrected chi connectivity index (χ2v) is 4.56.